The number of hydrogen-bond acceptors (Lipinski definition) is 2. The van der Waals surface area contributed by atoms with Crippen molar-refractivity contribution in [2.24, 2.45) is 0 Å². The number of rotatable bonds is 7. The highest BCUT2D eigenvalue weighted by molar-refractivity contribution is 5.84. The Kier molecular flexibility index (Phi) is 6.57. The molecule has 3 amide bonds. The van der Waals surface area contributed by atoms with E-state index < -0.39 is 6.03 Å². The van der Waals surface area contributed by atoms with Crippen molar-refractivity contribution in [3.63, 3.8) is 0 Å². The van der Waals surface area contributed by atoms with E-state index in [1.165, 1.54) is 22.9 Å². The molecule has 6 heteroatoms. The van der Waals surface area contributed by atoms with E-state index >= 15 is 0 Å². The van der Waals surface area contributed by atoms with Gasteiger partial charge >= 0.3 is 6.03 Å². The van der Waals surface area contributed by atoms with Gasteiger partial charge in [-0.15, -0.1) is 0 Å². The molecule has 0 saturated heterocycles. The molecule has 0 aromatic heterocycles. The molecule has 0 unspecified atom stereocenters. The lowest BCUT2D eigenvalue weighted by Crippen LogP contribution is -2.42. The number of carbonyl (C=O) groups is 2. The minimum atomic E-state index is -0.450. The Bertz CT molecular complexity index is 957. The van der Waals surface area contributed by atoms with Crippen LogP contribution in [0.3, 0.4) is 0 Å². The third-order valence-electron chi connectivity index (χ3n) is 4.33. The minimum Gasteiger partial charge on any atom is -0.354 e. The maximum Gasteiger partial charge on any atom is 0.315 e. The van der Waals surface area contributed by atoms with Gasteiger partial charge < -0.3 is 16.0 Å². The number of nitrogens with one attached hydrogen (secondary N) is 3. The predicted molar refractivity (Wildman–Crippen MR) is 107 cm³/mol. The topological polar surface area (TPSA) is 70.2 Å². The van der Waals surface area contributed by atoms with E-state index in [0.29, 0.717) is 13.0 Å². The fraction of sp³-hybridized carbons (Fsp3) is 0.182. The van der Waals surface area contributed by atoms with Gasteiger partial charge in [-0.25, -0.2) is 9.18 Å². The van der Waals surface area contributed by atoms with Gasteiger partial charge in [-0.05, 0) is 40.5 Å². The molecule has 3 N–H and O–H groups in total. The first-order valence-electron chi connectivity index (χ1n) is 9.11. The monoisotopic (exact) mass is 379 g/mol. The predicted octanol–water partition coefficient (Wildman–Crippen LogP) is 3.14. The zero-order valence-electron chi connectivity index (χ0n) is 15.4. The van der Waals surface area contributed by atoms with Crippen molar-refractivity contribution in [2.45, 2.75) is 13.0 Å². The highest BCUT2D eigenvalue weighted by Crippen LogP contribution is 2.15. The molecular weight excluding hydrogens is 357 g/mol. The van der Waals surface area contributed by atoms with Gasteiger partial charge in [-0.2, -0.15) is 0 Å². The van der Waals surface area contributed by atoms with E-state index in [2.05, 4.69) is 46.3 Å². The number of carbonyl (C=O) groups excluding carboxylic acids is 2. The first-order valence-corrected chi connectivity index (χ1v) is 9.11. The quantitative estimate of drug-likeness (QED) is 0.590. The Hall–Kier alpha value is -3.41. The molecule has 0 aliphatic rings. The van der Waals surface area contributed by atoms with Gasteiger partial charge in [0.05, 0.1) is 6.54 Å². The molecular formula is C22H22FN3O2. The van der Waals surface area contributed by atoms with Gasteiger partial charge in [0, 0.05) is 13.1 Å². The molecule has 0 spiro atoms. The summed E-state index contributed by atoms with van der Waals surface area (Å²) in [6, 6.07) is 19.8. The Balaban J connectivity index is 1.34. The molecule has 0 atom stereocenters. The van der Waals surface area contributed by atoms with Crippen molar-refractivity contribution in [1.29, 1.82) is 0 Å². The summed E-state index contributed by atoms with van der Waals surface area (Å²) < 4.78 is 12.8. The average Bonchev–Trinajstić information content (AvgIpc) is 2.72. The third kappa shape index (κ3) is 5.81. The van der Waals surface area contributed by atoms with Crippen LogP contribution in [0.2, 0.25) is 0 Å². The van der Waals surface area contributed by atoms with Crippen LogP contribution in [0, 0.1) is 5.82 Å². The van der Waals surface area contributed by atoms with Crippen LogP contribution < -0.4 is 16.0 Å². The molecule has 3 aromatic carbocycles. The molecule has 28 heavy (non-hydrogen) atoms. The fourth-order valence-electron chi connectivity index (χ4n) is 2.81. The zero-order chi connectivity index (χ0) is 19.8. The number of fused-ring (bicyclic) bond motifs is 1. The van der Waals surface area contributed by atoms with E-state index in [1.807, 2.05) is 12.1 Å². The van der Waals surface area contributed by atoms with Crippen molar-refractivity contribution >= 4 is 22.7 Å². The smallest absolute Gasteiger partial charge is 0.315 e. The molecule has 0 saturated carbocycles. The maximum absolute atomic E-state index is 12.8. The molecule has 144 valence electrons. The van der Waals surface area contributed by atoms with E-state index in [0.717, 1.165) is 11.1 Å². The van der Waals surface area contributed by atoms with Gasteiger partial charge in [0.1, 0.15) is 5.82 Å². The number of amides is 3. The molecule has 0 fully saturated rings. The molecule has 0 bridgehead atoms. The van der Waals surface area contributed by atoms with Gasteiger partial charge in [0.2, 0.25) is 5.91 Å². The highest BCUT2D eigenvalue weighted by Gasteiger charge is 2.05. The Morgan fingerprint density at radius 3 is 2.29 bits per heavy atom. The lowest BCUT2D eigenvalue weighted by atomic mass is 10.1. The second-order valence-corrected chi connectivity index (χ2v) is 6.44. The van der Waals surface area contributed by atoms with Crippen LogP contribution in [0.4, 0.5) is 9.18 Å². The van der Waals surface area contributed by atoms with Crippen LogP contribution in [0.25, 0.3) is 10.8 Å². The zero-order valence-corrected chi connectivity index (χ0v) is 15.4. The summed E-state index contributed by atoms with van der Waals surface area (Å²) >= 11 is 0. The number of urea groups is 1. The molecule has 0 aliphatic carbocycles. The lowest BCUT2D eigenvalue weighted by Gasteiger charge is -2.09. The van der Waals surface area contributed by atoms with Crippen LogP contribution in [0.5, 0.6) is 0 Å². The summed E-state index contributed by atoms with van der Waals surface area (Å²) in [6.45, 7) is 0.652. The second kappa shape index (κ2) is 9.50. The molecule has 0 heterocycles. The van der Waals surface area contributed by atoms with Crippen LogP contribution >= 0.6 is 0 Å². The van der Waals surface area contributed by atoms with Crippen molar-refractivity contribution in [2.75, 3.05) is 13.1 Å². The summed E-state index contributed by atoms with van der Waals surface area (Å²) in [7, 11) is 0. The minimum absolute atomic E-state index is 0.104. The summed E-state index contributed by atoms with van der Waals surface area (Å²) in [6.07, 6.45) is 0.716. The van der Waals surface area contributed by atoms with Crippen LogP contribution in [-0.4, -0.2) is 25.0 Å². The number of halogens is 1. The first-order chi connectivity index (χ1) is 13.6. The molecule has 5 nitrogen and oxygen atoms in total. The second-order valence-electron chi connectivity index (χ2n) is 6.44. The molecule has 0 radical (unpaired) electrons. The van der Waals surface area contributed by atoms with Gasteiger partial charge in [0.25, 0.3) is 0 Å². The van der Waals surface area contributed by atoms with Crippen molar-refractivity contribution in [1.82, 2.24) is 16.0 Å². The van der Waals surface area contributed by atoms with Gasteiger partial charge in [-0.1, -0.05) is 54.6 Å². The third-order valence-corrected chi connectivity index (χ3v) is 4.33. The number of hydrogen-bond donors (Lipinski definition) is 3. The molecule has 3 aromatic rings. The van der Waals surface area contributed by atoms with Gasteiger partial charge in [0.15, 0.2) is 0 Å². The Morgan fingerprint density at radius 1 is 0.786 bits per heavy atom. The van der Waals surface area contributed by atoms with Crippen LogP contribution in [0.15, 0.2) is 66.7 Å². The van der Waals surface area contributed by atoms with Crippen molar-refractivity contribution in [3.8, 4) is 0 Å². The summed E-state index contributed by atoms with van der Waals surface area (Å²) in [5.41, 5.74) is 1.92. The normalized spacial score (nSPS) is 10.5. The largest absolute Gasteiger partial charge is 0.354 e. The Labute approximate surface area is 162 Å². The maximum atomic E-state index is 12.8. The first kappa shape index (κ1) is 19.4. The van der Waals surface area contributed by atoms with E-state index in [9.17, 15) is 14.0 Å². The van der Waals surface area contributed by atoms with Crippen molar-refractivity contribution in [3.05, 3.63) is 83.7 Å². The SMILES string of the molecule is O=C(CNC(=O)NCc1ccc(F)cc1)NCCc1ccc2ccccc2c1. The van der Waals surface area contributed by atoms with Gasteiger partial charge in [-0.3, -0.25) is 4.79 Å². The molecule has 3 rings (SSSR count). The fourth-order valence-corrected chi connectivity index (χ4v) is 2.81. The average molecular weight is 379 g/mol. The van der Waals surface area contributed by atoms with Crippen LogP contribution in [-0.2, 0) is 17.8 Å². The summed E-state index contributed by atoms with van der Waals surface area (Å²) in [5.74, 6) is -0.578. The Morgan fingerprint density at radius 2 is 1.50 bits per heavy atom. The lowest BCUT2D eigenvalue weighted by molar-refractivity contribution is -0.120. The van der Waals surface area contributed by atoms with Crippen molar-refractivity contribution < 1.29 is 14.0 Å². The van der Waals surface area contributed by atoms with E-state index in [1.54, 1.807) is 12.1 Å². The standard InChI is InChI=1S/C22H22FN3O2/c23-20-9-6-17(7-10-20)14-25-22(28)26-15-21(27)24-12-11-16-5-8-18-3-1-2-4-19(18)13-16/h1-10,13H,11-12,14-15H2,(H,24,27)(H2,25,26,28). The molecule has 0 aliphatic heterocycles. The van der Waals surface area contributed by atoms with Crippen LogP contribution in [0.1, 0.15) is 11.1 Å². The summed E-state index contributed by atoms with van der Waals surface area (Å²) in [4.78, 5) is 23.6. The highest BCUT2D eigenvalue weighted by atomic mass is 19.1. The number of benzene rings is 3. The summed E-state index contributed by atoms with van der Waals surface area (Å²) in [5, 5.41) is 10.3. The van der Waals surface area contributed by atoms with E-state index in [-0.39, 0.29) is 24.8 Å². The van der Waals surface area contributed by atoms with E-state index in [4.69, 9.17) is 0 Å².